The summed E-state index contributed by atoms with van der Waals surface area (Å²) in [6, 6.07) is 0.315. The average molecular weight is 283 g/mol. The van der Waals surface area contributed by atoms with Crippen LogP contribution in [0.4, 0.5) is 0 Å². The van der Waals surface area contributed by atoms with Crippen LogP contribution in [0.3, 0.4) is 0 Å². The van der Waals surface area contributed by atoms with E-state index in [0.29, 0.717) is 0 Å². The minimum Gasteiger partial charge on any atom is -0.355 e. The summed E-state index contributed by atoms with van der Waals surface area (Å²) < 4.78 is 0. The smallest absolute Gasteiger partial charge is 0.237 e. The molecule has 1 unspecified atom stereocenters. The average Bonchev–Trinajstić information content (AvgIpc) is 2.42. The van der Waals surface area contributed by atoms with Gasteiger partial charge in [-0.2, -0.15) is 0 Å². The minimum atomic E-state index is -0.432. The van der Waals surface area contributed by atoms with Crippen LogP contribution >= 0.6 is 0 Å². The van der Waals surface area contributed by atoms with Crippen molar-refractivity contribution in [2.75, 3.05) is 20.1 Å². The van der Waals surface area contributed by atoms with Gasteiger partial charge in [-0.3, -0.25) is 4.79 Å². The van der Waals surface area contributed by atoms with Gasteiger partial charge in [0.1, 0.15) is 0 Å². The van der Waals surface area contributed by atoms with Crippen molar-refractivity contribution >= 4 is 5.91 Å². The molecule has 4 nitrogen and oxygen atoms in total. The van der Waals surface area contributed by atoms with Crippen LogP contribution < -0.4 is 11.1 Å². The predicted octanol–water partition coefficient (Wildman–Crippen LogP) is 2.13. The summed E-state index contributed by atoms with van der Waals surface area (Å²) in [6.45, 7) is 7.76. The van der Waals surface area contributed by atoms with E-state index in [2.05, 4.69) is 17.3 Å². The molecule has 1 fully saturated rings. The summed E-state index contributed by atoms with van der Waals surface area (Å²) in [5, 5.41) is 2.96. The maximum absolute atomic E-state index is 11.9. The third kappa shape index (κ3) is 5.80. The fraction of sp³-hybridized carbons (Fsp3) is 0.938. The fourth-order valence-corrected chi connectivity index (χ4v) is 2.75. The lowest BCUT2D eigenvalue weighted by Gasteiger charge is -2.31. The lowest BCUT2D eigenvalue weighted by molar-refractivity contribution is -0.124. The van der Waals surface area contributed by atoms with E-state index in [1.807, 2.05) is 20.8 Å². The summed E-state index contributed by atoms with van der Waals surface area (Å²) in [5.74, 6) is -0.0298. The molecule has 4 heteroatoms. The molecule has 0 heterocycles. The molecular weight excluding hydrogens is 250 g/mol. The van der Waals surface area contributed by atoms with Crippen LogP contribution in [0.25, 0.3) is 0 Å². The lowest BCUT2D eigenvalue weighted by atomic mass is 9.87. The molecule has 0 saturated heterocycles. The van der Waals surface area contributed by atoms with Gasteiger partial charge in [-0.25, -0.2) is 0 Å². The number of hydrogen-bond donors (Lipinski definition) is 2. The van der Waals surface area contributed by atoms with E-state index in [1.54, 1.807) is 0 Å². The molecule has 0 aromatic rings. The number of nitrogens with one attached hydrogen (secondary N) is 1. The maximum atomic E-state index is 11.9. The first-order chi connectivity index (χ1) is 9.32. The number of nitrogens with two attached hydrogens (primary N) is 1. The number of nitrogens with zero attached hydrogens (tertiary/aromatic N) is 1. The molecule has 1 aliphatic carbocycles. The van der Waals surface area contributed by atoms with Crippen LogP contribution in [0.1, 0.15) is 59.3 Å². The number of amides is 1. The Morgan fingerprint density at radius 1 is 1.30 bits per heavy atom. The minimum absolute atomic E-state index is 0.0298. The molecular formula is C16H33N3O. The highest BCUT2D eigenvalue weighted by atomic mass is 16.2. The van der Waals surface area contributed by atoms with Gasteiger partial charge < -0.3 is 16.0 Å². The summed E-state index contributed by atoms with van der Waals surface area (Å²) in [6.07, 6.45) is 7.79. The van der Waals surface area contributed by atoms with Crippen molar-refractivity contribution < 1.29 is 4.79 Å². The standard InChI is InChI=1S/C16H33N3O/c1-16(2,3)14(17)15(20)18-11-8-12-19(4)13-9-6-5-7-10-13/h13-14H,5-12,17H2,1-4H3,(H,18,20). The Labute approximate surface area is 124 Å². The van der Waals surface area contributed by atoms with Crippen LogP contribution in [0.2, 0.25) is 0 Å². The molecule has 1 atom stereocenters. The van der Waals surface area contributed by atoms with Crippen LogP contribution in [0, 0.1) is 5.41 Å². The topological polar surface area (TPSA) is 58.4 Å². The van der Waals surface area contributed by atoms with E-state index in [0.717, 1.165) is 25.6 Å². The molecule has 0 aromatic heterocycles. The first kappa shape index (κ1) is 17.4. The third-order valence-corrected chi connectivity index (χ3v) is 4.40. The third-order valence-electron chi connectivity index (χ3n) is 4.40. The molecule has 20 heavy (non-hydrogen) atoms. The van der Waals surface area contributed by atoms with Crippen LogP contribution in [0.15, 0.2) is 0 Å². The zero-order valence-electron chi connectivity index (χ0n) is 13.7. The summed E-state index contributed by atoms with van der Waals surface area (Å²) >= 11 is 0. The summed E-state index contributed by atoms with van der Waals surface area (Å²) in [7, 11) is 2.21. The monoisotopic (exact) mass is 283 g/mol. The van der Waals surface area contributed by atoms with Crippen molar-refractivity contribution in [3.63, 3.8) is 0 Å². The maximum Gasteiger partial charge on any atom is 0.237 e. The van der Waals surface area contributed by atoms with Crippen molar-refractivity contribution in [2.45, 2.75) is 71.4 Å². The molecule has 1 rings (SSSR count). The molecule has 1 amide bonds. The van der Waals surface area contributed by atoms with Gasteiger partial charge in [-0.15, -0.1) is 0 Å². The predicted molar refractivity (Wildman–Crippen MR) is 84.6 cm³/mol. The van der Waals surface area contributed by atoms with Gasteiger partial charge in [-0.05, 0) is 38.3 Å². The lowest BCUT2D eigenvalue weighted by Crippen LogP contribution is -2.49. The van der Waals surface area contributed by atoms with Gasteiger partial charge in [0.25, 0.3) is 0 Å². The second-order valence-electron chi connectivity index (χ2n) is 7.26. The Morgan fingerprint density at radius 2 is 1.90 bits per heavy atom. The molecule has 3 N–H and O–H groups in total. The molecule has 118 valence electrons. The van der Waals surface area contributed by atoms with Gasteiger partial charge in [0.2, 0.25) is 5.91 Å². The van der Waals surface area contributed by atoms with Gasteiger partial charge in [-0.1, -0.05) is 40.0 Å². The Balaban J connectivity index is 2.16. The largest absolute Gasteiger partial charge is 0.355 e. The van der Waals surface area contributed by atoms with Crippen LogP contribution in [0.5, 0.6) is 0 Å². The van der Waals surface area contributed by atoms with Crippen molar-refractivity contribution in [3.05, 3.63) is 0 Å². The second kappa shape index (κ2) is 7.99. The van der Waals surface area contributed by atoms with Gasteiger partial charge >= 0.3 is 0 Å². The van der Waals surface area contributed by atoms with E-state index in [1.165, 1.54) is 32.1 Å². The SMILES string of the molecule is CN(CCCNC(=O)C(N)C(C)(C)C)C1CCCCC1. The Morgan fingerprint density at radius 3 is 2.45 bits per heavy atom. The number of carbonyl (C=O) groups is 1. The molecule has 0 spiro atoms. The zero-order chi connectivity index (χ0) is 15.2. The van der Waals surface area contributed by atoms with E-state index in [-0.39, 0.29) is 11.3 Å². The normalized spacial score (nSPS) is 19.1. The highest BCUT2D eigenvalue weighted by Crippen LogP contribution is 2.21. The molecule has 0 aliphatic heterocycles. The van der Waals surface area contributed by atoms with E-state index in [9.17, 15) is 4.79 Å². The highest BCUT2D eigenvalue weighted by Gasteiger charge is 2.27. The molecule has 0 aromatic carbocycles. The Kier molecular flexibility index (Phi) is 6.96. The number of rotatable bonds is 6. The zero-order valence-corrected chi connectivity index (χ0v) is 13.7. The molecule has 0 bridgehead atoms. The van der Waals surface area contributed by atoms with Gasteiger partial charge in [0.15, 0.2) is 0 Å². The summed E-state index contributed by atoms with van der Waals surface area (Å²) in [5.41, 5.74) is 5.75. The quantitative estimate of drug-likeness (QED) is 0.734. The highest BCUT2D eigenvalue weighted by molar-refractivity contribution is 5.82. The van der Waals surface area contributed by atoms with Crippen molar-refractivity contribution in [3.8, 4) is 0 Å². The van der Waals surface area contributed by atoms with Crippen molar-refractivity contribution in [1.29, 1.82) is 0 Å². The van der Waals surface area contributed by atoms with E-state index < -0.39 is 6.04 Å². The second-order valence-corrected chi connectivity index (χ2v) is 7.26. The van der Waals surface area contributed by atoms with Crippen LogP contribution in [-0.2, 0) is 4.79 Å². The number of hydrogen-bond acceptors (Lipinski definition) is 3. The van der Waals surface area contributed by atoms with Crippen molar-refractivity contribution in [1.82, 2.24) is 10.2 Å². The van der Waals surface area contributed by atoms with Crippen LogP contribution in [-0.4, -0.2) is 43.0 Å². The first-order valence-electron chi connectivity index (χ1n) is 8.06. The Bertz CT molecular complexity index is 293. The Hall–Kier alpha value is -0.610. The molecule has 1 aliphatic rings. The van der Waals surface area contributed by atoms with Crippen molar-refractivity contribution in [2.24, 2.45) is 11.1 Å². The van der Waals surface area contributed by atoms with E-state index >= 15 is 0 Å². The first-order valence-corrected chi connectivity index (χ1v) is 8.06. The molecule has 1 saturated carbocycles. The number of carbonyl (C=O) groups excluding carboxylic acids is 1. The molecule has 0 radical (unpaired) electrons. The fourth-order valence-electron chi connectivity index (χ4n) is 2.75. The van der Waals surface area contributed by atoms with E-state index in [4.69, 9.17) is 5.73 Å². The van der Waals surface area contributed by atoms with Gasteiger partial charge in [0.05, 0.1) is 6.04 Å². The van der Waals surface area contributed by atoms with Gasteiger partial charge in [0, 0.05) is 12.6 Å². The summed E-state index contributed by atoms with van der Waals surface area (Å²) in [4.78, 5) is 14.3.